The van der Waals surface area contributed by atoms with Crippen molar-refractivity contribution in [3.8, 4) is 0 Å². The summed E-state index contributed by atoms with van der Waals surface area (Å²) in [5.41, 5.74) is 6.47. The van der Waals surface area contributed by atoms with Crippen LogP contribution >= 0.6 is 27.3 Å². The fraction of sp³-hybridized carbons (Fsp3) is 0.583. The maximum absolute atomic E-state index is 12.8. The first-order chi connectivity index (χ1) is 15.0. The average Bonchev–Trinajstić information content (AvgIpc) is 3.11. The van der Waals surface area contributed by atoms with Gasteiger partial charge in [0.1, 0.15) is 0 Å². The van der Waals surface area contributed by atoms with E-state index < -0.39 is 0 Å². The van der Waals surface area contributed by atoms with Crippen LogP contribution in [0, 0.1) is 0 Å². The number of carbonyl (C=O) groups excluding carboxylic acids is 1. The maximum atomic E-state index is 12.8. The number of anilines is 1. The molecule has 0 unspecified atom stereocenters. The van der Waals surface area contributed by atoms with E-state index in [-0.39, 0.29) is 6.03 Å². The Balaban J connectivity index is 1.71. The summed E-state index contributed by atoms with van der Waals surface area (Å²) in [6.07, 6.45) is 7.83. The Bertz CT molecular complexity index is 886. The molecule has 1 aromatic rings. The first-order valence-corrected chi connectivity index (χ1v) is 13.1. The van der Waals surface area contributed by atoms with Crippen molar-refractivity contribution in [3.63, 3.8) is 0 Å². The van der Waals surface area contributed by atoms with Gasteiger partial charge in [0, 0.05) is 0 Å². The number of thiophene rings is 1. The van der Waals surface area contributed by atoms with E-state index in [1.807, 2.05) is 0 Å². The number of hydrogen-bond donors (Lipinski definition) is 2. The van der Waals surface area contributed by atoms with E-state index in [2.05, 4.69) is 52.2 Å². The van der Waals surface area contributed by atoms with Crippen molar-refractivity contribution in [2.24, 2.45) is 0 Å². The Morgan fingerprint density at radius 1 is 1.26 bits per heavy atom. The molecule has 7 heteroatoms. The van der Waals surface area contributed by atoms with Crippen molar-refractivity contribution < 1.29 is 4.79 Å². The third-order valence-corrected chi connectivity index (χ3v) is 8.03. The van der Waals surface area contributed by atoms with Gasteiger partial charge in [0.2, 0.25) is 0 Å². The minimum absolute atomic E-state index is 0.170. The number of amides is 2. The molecule has 1 aliphatic heterocycles. The van der Waals surface area contributed by atoms with Gasteiger partial charge in [-0.25, -0.2) is 0 Å². The van der Waals surface area contributed by atoms with Gasteiger partial charge >= 0.3 is 181 Å². The van der Waals surface area contributed by atoms with Gasteiger partial charge in [-0.1, -0.05) is 13.8 Å². The third kappa shape index (κ3) is 5.99. The SMILES string of the molecule is [B]=Cc1c(NC(=O)NC/C(C2=C(CCC)CN(CC)CC2)=C(/C)Br)sc2c1CCCC2. The van der Waals surface area contributed by atoms with Crippen LogP contribution in [0.15, 0.2) is 21.2 Å². The number of hydrogen-bond acceptors (Lipinski definition) is 3. The quantitative estimate of drug-likeness (QED) is 0.457. The molecular weight excluding hydrogens is 469 g/mol. The van der Waals surface area contributed by atoms with Crippen molar-refractivity contribution in [3.05, 3.63) is 37.2 Å². The number of rotatable bonds is 8. The fourth-order valence-corrected chi connectivity index (χ4v) is 6.32. The van der Waals surface area contributed by atoms with E-state index in [1.54, 1.807) is 17.3 Å². The van der Waals surface area contributed by atoms with E-state index in [4.69, 9.17) is 7.49 Å². The van der Waals surface area contributed by atoms with Crippen molar-refractivity contribution >= 4 is 51.8 Å². The van der Waals surface area contributed by atoms with Gasteiger partial charge in [-0.05, 0) is 6.54 Å². The molecule has 3 rings (SSSR count). The number of likely N-dealkylation sites (N-methyl/N-ethyl adjacent to an activating group) is 1. The summed E-state index contributed by atoms with van der Waals surface area (Å²) < 4.78 is 1.10. The second-order valence-corrected chi connectivity index (χ2v) is 10.7. The van der Waals surface area contributed by atoms with Gasteiger partial charge in [-0.3, -0.25) is 0 Å². The normalized spacial score (nSPS) is 17.8. The number of aryl methyl sites for hydroxylation is 1. The molecule has 2 N–H and O–H groups in total. The van der Waals surface area contributed by atoms with E-state index in [0.717, 1.165) is 66.8 Å². The number of urea groups is 1. The summed E-state index contributed by atoms with van der Waals surface area (Å²) >= 11 is 5.38. The molecule has 0 saturated heterocycles. The zero-order chi connectivity index (χ0) is 22.4. The van der Waals surface area contributed by atoms with Crippen LogP contribution in [0.4, 0.5) is 9.80 Å². The Labute approximate surface area is 200 Å². The van der Waals surface area contributed by atoms with E-state index >= 15 is 0 Å². The Morgan fingerprint density at radius 3 is 2.71 bits per heavy atom. The Morgan fingerprint density at radius 2 is 2.03 bits per heavy atom. The number of halogens is 1. The summed E-state index contributed by atoms with van der Waals surface area (Å²) in [6.45, 7) is 10.2. The van der Waals surface area contributed by atoms with E-state index in [1.165, 1.54) is 40.0 Å². The fourth-order valence-electron chi connectivity index (χ4n) is 4.67. The number of fused-ring (bicyclic) bond motifs is 1. The molecule has 0 bridgehead atoms. The molecule has 1 aliphatic carbocycles. The zero-order valence-corrected chi connectivity index (χ0v) is 21.5. The van der Waals surface area contributed by atoms with Crippen LogP contribution in [-0.4, -0.2) is 50.6 Å². The van der Waals surface area contributed by atoms with E-state index in [0.29, 0.717) is 6.54 Å². The van der Waals surface area contributed by atoms with Gasteiger partial charge in [-0.2, -0.15) is 0 Å². The first kappa shape index (κ1) is 24.5. The molecule has 1 radical (unpaired) electrons. The third-order valence-electron chi connectivity index (χ3n) is 6.33. The van der Waals surface area contributed by atoms with Crippen molar-refractivity contribution in [2.45, 2.75) is 65.7 Å². The molecule has 2 aliphatic rings. The Kier molecular flexibility index (Phi) is 9.17. The summed E-state index contributed by atoms with van der Waals surface area (Å²) in [7, 11) is 5.91. The Hall–Kier alpha value is -1.18. The van der Waals surface area contributed by atoms with E-state index in [9.17, 15) is 4.79 Å². The molecule has 0 fully saturated rings. The number of nitrogens with one attached hydrogen (secondary N) is 2. The van der Waals surface area contributed by atoms with Crippen LogP contribution in [0.2, 0.25) is 0 Å². The van der Waals surface area contributed by atoms with Gasteiger partial charge in [0.05, 0.1) is 0 Å². The molecule has 0 atom stereocenters. The van der Waals surface area contributed by atoms with Crippen LogP contribution in [-0.2, 0) is 12.8 Å². The minimum atomic E-state index is -0.170. The van der Waals surface area contributed by atoms with Crippen LogP contribution in [0.3, 0.4) is 0 Å². The second-order valence-electron chi connectivity index (χ2n) is 8.39. The van der Waals surface area contributed by atoms with Crippen LogP contribution in [0.5, 0.6) is 0 Å². The topological polar surface area (TPSA) is 44.4 Å². The average molecular weight is 503 g/mol. The number of allylic oxidation sites excluding steroid dienone is 1. The zero-order valence-electron chi connectivity index (χ0n) is 19.1. The van der Waals surface area contributed by atoms with Crippen molar-refractivity contribution in [2.75, 3.05) is 31.5 Å². The van der Waals surface area contributed by atoms with Crippen molar-refractivity contribution in [1.29, 1.82) is 0 Å². The molecule has 0 spiro atoms. The van der Waals surface area contributed by atoms with Crippen LogP contribution < -0.4 is 10.6 Å². The van der Waals surface area contributed by atoms with Gasteiger partial charge in [0.25, 0.3) is 0 Å². The summed E-state index contributed by atoms with van der Waals surface area (Å²) in [5.74, 6) is 1.65. The molecular formula is C24H34BBrN3OS. The van der Waals surface area contributed by atoms with Crippen molar-refractivity contribution in [1.82, 2.24) is 10.2 Å². The molecule has 0 aromatic carbocycles. The molecule has 4 nitrogen and oxygen atoms in total. The van der Waals surface area contributed by atoms with Gasteiger partial charge in [0.15, 0.2) is 0 Å². The summed E-state index contributed by atoms with van der Waals surface area (Å²) in [4.78, 5) is 16.6. The number of carbonyl (C=O) groups is 1. The predicted molar refractivity (Wildman–Crippen MR) is 139 cm³/mol. The molecule has 1 aromatic heterocycles. The predicted octanol–water partition coefficient (Wildman–Crippen LogP) is 5.56. The standard InChI is InChI=1S/C24H34BBrN3OS/c1-4-8-17-15-29(5-2)12-11-18(17)21(16(3)26)14-27-24(30)28-23-20(13-25)19-9-6-7-10-22(19)31-23/h13H,4-12,14-15H2,1-3H3,(H2,27,28,30)/b21-16+. The van der Waals surface area contributed by atoms with Gasteiger partial charge < -0.3 is 0 Å². The monoisotopic (exact) mass is 502 g/mol. The van der Waals surface area contributed by atoms with Gasteiger partial charge in [-0.15, -0.1) is 0 Å². The van der Waals surface area contributed by atoms with Crippen LogP contribution in [0.1, 0.15) is 68.9 Å². The molecule has 2 heterocycles. The second kappa shape index (κ2) is 11.6. The molecule has 0 saturated carbocycles. The number of nitrogens with zero attached hydrogens (tertiary/aromatic N) is 1. The van der Waals surface area contributed by atoms with Crippen LogP contribution in [0.25, 0.3) is 0 Å². The summed E-state index contributed by atoms with van der Waals surface area (Å²) in [6, 6.07) is -0.170. The first-order valence-electron chi connectivity index (χ1n) is 11.5. The summed E-state index contributed by atoms with van der Waals surface area (Å²) in [5, 5.41) is 7.03. The molecule has 2 amide bonds. The molecule has 31 heavy (non-hydrogen) atoms. The molecule has 167 valence electrons.